The number of rotatable bonds is 8. The SMILES string of the molecule is Cc1cc(C)cc(N(c2ccccc2)c2ccc3c(C(C)C)c4cc(N(c5ccccc5)c5cc(C)cc(C)c5)ccc4c(C(C)C)c3c2)c1. The molecule has 0 aliphatic rings. The zero-order valence-electron chi connectivity index (χ0n) is 30.8. The van der Waals surface area contributed by atoms with Crippen LogP contribution in [-0.4, -0.2) is 0 Å². The van der Waals surface area contributed by atoms with E-state index in [0.717, 1.165) is 11.4 Å². The molecule has 0 unspecified atom stereocenters. The highest BCUT2D eigenvalue weighted by Gasteiger charge is 2.22. The molecule has 250 valence electrons. The summed E-state index contributed by atoms with van der Waals surface area (Å²) in [4.78, 5) is 4.82. The molecule has 0 radical (unpaired) electrons. The first-order chi connectivity index (χ1) is 24.1. The highest BCUT2D eigenvalue weighted by atomic mass is 15.1. The lowest BCUT2D eigenvalue weighted by atomic mass is 9.83. The Morgan fingerprint density at radius 2 is 0.660 bits per heavy atom. The number of hydrogen-bond donors (Lipinski definition) is 0. The molecule has 0 aliphatic heterocycles. The van der Waals surface area contributed by atoms with E-state index in [4.69, 9.17) is 0 Å². The molecule has 7 aromatic carbocycles. The lowest BCUT2D eigenvalue weighted by Gasteiger charge is -2.29. The van der Waals surface area contributed by atoms with Gasteiger partial charge in [-0.1, -0.05) is 88.4 Å². The predicted octanol–water partition coefficient (Wildman–Crippen LogP) is 14.4. The van der Waals surface area contributed by atoms with Crippen molar-refractivity contribution in [1.29, 1.82) is 0 Å². The standard InChI is InChI=1S/C48H48N2/c1-31(2)47-43-21-19-40(50(38-17-13-10-14-18-38)42-27-35(7)24-36(8)28-42)30-46(43)48(32(3)4)44-22-20-39(29-45(44)47)49(37-15-11-9-12-16-37)41-25-33(5)23-34(6)26-41/h9-32H,1-8H3. The van der Waals surface area contributed by atoms with E-state index in [1.807, 2.05) is 0 Å². The lowest BCUT2D eigenvalue weighted by molar-refractivity contribution is 0.873. The van der Waals surface area contributed by atoms with E-state index in [1.54, 1.807) is 0 Å². The van der Waals surface area contributed by atoms with Crippen LogP contribution in [0.2, 0.25) is 0 Å². The minimum Gasteiger partial charge on any atom is -0.310 e. The maximum absolute atomic E-state index is 2.44. The Balaban J connectivity index is 1.50. The van der Waals surface area contributed by atoms with Gasteiger partial charge >= 0.3 is 0 Å². The smallest absolute Gasteiger partial charge is 0.0468 e. The molecule has 0 aliphatic carbocycles. The molecule has 2 nitrogen and oxygen atoms in total. The van der Waals surface area contributed by atoms with Crippen molar-refractivity contribution < 1.29 is 0 Å². The molecule has 0 aromatic heterocycles. The molecule has 7 aromatic rings. The molecule has 0 amide bonds. The van der Waals surface area contributed by atoms with Gasteiger partial charge in [0.1, 0.15) is 0 Å². The molecule has 0 N–H and O–H groups in total. The van der Waals surface area contributed by atoms with Crippen LogP contribution in [-0.2, 0) is 0 Å². The third-order valence-corrected chi connectivity index (χ3v) is 9.80. The molecule has 2 heteroatoms. The first-order valence-electron chi connectivity index (χ1n) is 18.0. The van der Waals surface area contributed by atoms with Crippen LogP contribution < -0.4 is 9.80 Å². The monoisotopic (exact) mass is 652 g/mol. The van der Waals surface area contributed by atoms with E-state index in [0.29, 0.717) is 11.8 Å². The van der Waals surface area contributed by atoms with Crippen LogP contribution in [0.15, 0.2) is 133 Å². The Labute approximate surface area is 298 Å². The van der Waals surface area contributed by atoms with Gasteiger partial charge in [0.05, 0.1) is 0 Å². The van der Waals surface area contributed by atoms with Crippen molar-refractivity contribution in [1.82, 2.24) is 0 Å². The normalized spacial score (nSPS) is 11.6. The minimum absolute atomic E-state index is 0.332. The Hall–Kier alpha value is -5.34. The van der Waals surface area contributed by atoms with Crippen molar-refractivity contribution in [2.75, 3.05) is 9.80 Å². The van der Waals surface area contributed by atoms with Crippen molar-refractivity contribution in [2.45, 2.75) is 67.2 Å². The fourth-order valence-corrected chi connectivity index (χ4v) is 8.00. The van der Waals surface area contributed by atoms with Gasteiger partial charge < -0.3 is 9.80 Å². The van der Waals surface area contributed by atoms with Gasteiger partial charge in [0, 0.05) is 34.1 Å². The maximum atomic E-state index is 2.44. The molecule has 0 spiro atoms. The van der Waals surface area contributed by atoms with Crippen LogP contribution in [0.1, 0.15) is 72.9 Å². The lowest BCUT2D eigenvalue weighted by Crippen LogP contribution is -2.11. The highest BCUT2D eigenvalue weighted by Crippen LogP contribution is 2.46. The Kier molecular flexibility index (Phi) is 8.97. The van der Waals surface area contributed by atoms with Crippen molar-refractivity contribution in [3.63, 3.8) is 0 Å². The molecule has 0 atom stereocenters. The first-order valence-corrected chi connectivity index (χ1v) is 18.0. The van der Waals surface area contributed by atoms with E-state index >= 15 is 0 Å². The third-order valence-electron chi connectivity index (χ3n) is 9.80. The summed E-state index contributed by atoms with van der Waals surface area (Å²) < 4.78 is 0. The van der Waals surface area contributed by atoms with Gasteiger partial charge in [0.2, 0.25) is 0 Å². The molecular weight excluding hydrogens is 605 g/mol. The van der Waals surface area contributed by atoms with Gasteiger partial charge in [-0.3, -0.25) is 0 Å². The average Bonchev–Trinajstić information content (AvgIpc) is 3.07. The topological polar surface area (TPSA) is 6.48 Å². The number of anilines is 6. The van der Waals surface area contributed by atoms with Crippen molar-refractivity contribution in [3.05, 3.63) is 167 Å². The molecule has 0 bridgehead atoms. The van der Waals surface area contributed by atoms with E-state index in [-0.39, 0.29) is 0 Å². The molecule has 0 saturated carbocycles. The fraction of sp³-hybridized carbons (Fsp3) is 0.208. The third kappa shape index (κ3) is 6.27. The fourth-order valence-electron chi connectivity index (χ4n) is 8.00. The Morgan fingerprint density at radius 3 is 0.980 bits per heavy atom. The second kappa shape index (κ2) is 13.5. The predicted molar refractivity (Wildman–Crippen MR) is 218 cm³/mol. The zero-order valence-corrected chi connectivity index (χ0v) is 30.8. The highest BCUT2D eigenvalue weighted by molar-refractivity contribution is 6.09. The van der Waals surface area contributed by atoms with Crippen LogP contribution in [0.3, 0.4) is 0 Å². The van der Waals surface area contributed by atoms with Crippen LogP contribution in [0.25, 0.3) is 21.5 Å². The van der Waals surface area contributed by atoms with Gasteiger partial charge in [-0.25, -0.2) is 0 Å². The first kappa shape index (κ1) is 33.2. The quantitative estimate of drug-likeness (QED) is 0.151. The Morgan fingerprint density at radius 1 is 0.320 bits per heavy atom. The largest absolute Gasteiger partial charge is 0.310 e. The zero-order chi connectivity index (χ0) is 35.1. The summed E-state index contributed by atoms with van der Waals surface area (Å²) in [5.74, 6) is 0.664. The molecule has 0 fully saturated rings. The Bertz CT molecular complexity index is 2110. The molecule has 0 saturated heterocycles. The van der Waals surface area contributed by atoms with Gasteiger partial charge in [-0.2, -0.15) is 0 Å². The molecule has 50 heavy (non-hydrogen) atoms. The van der Waals surface area contributed by atoms with Gasteiger partial charge in [0.15, 0.2) is 0 Å². The molecular formula is C48H48N2. The second-order valence-electron chi connectivity index (χ2n) is 14.6. The van der Waals surface area contributed by atoms with E-state index in [2.05, 4.69) is 199 Å². The van der Waals surface area contributed by atoms with Gasteiger partial charge in [-0.05, 0) is 167 Å². The van der Waals surface area contributed by atoms with E-state index in [1.165, 1.54) is 77.7 Å². The van der Waals surface area contributed by atoms with Crippen molar-refractivity contribution >= 4 is 55.7 Å². The average molecular weight is 653 g/mol. The maximum Gasteiger partial charge on any atom is 0.0468 e. The summed E-state index contributed by atoms with van der Waals surface area (Å²) in [7, 11) is 0. The molecule has 7 rings (SSSR count). The number of benzene rings is 7. The number of para-hydroxylation sites is 2. The summed E-state index contributed by atoms with van der Waals surface area (Å²) in [5, 5.41) is 5.34. The number of aryl methyl sites for hydroxylation is 4. The van der Waals surface area contributed by atoms with Crippen molar-refractivity contribution in [3.8, 4) is 0 Å². The minimum atomic E-state index is 0.332. The summed E-state index contributed by atoms with van der Waals surface area (Å²) in [6.07, 6.45) is 0. The van der Waals surface area contributed by atoms with Crippen LogP contribution >= 0.6 is 0 Å². The van der Waals surface area contributed by atoms with E-state index in [9.17, 15) is 0 Å². The summed E-state index contributed by atoms with van der Waals surface area (Å²) in [6.45, 7) is 18.1. The van der Waals surface area contributed by atoms with Crippen LogP contribution in [0, 0.1) is 27.7 Å². The number of fused-ring (bicyclic) bond motifs is 2. The van der Waals surface area contributed by atoms with Crippen molar-refractivity contribution in [2.24, 2.45) is 0 Å². The molecule has 0 heterocycles. The van der Waals surface area contributed by atoms with E-state index < -0.39 is 0 Å². The van der Waals surface area contributed by atoms with Gasteiger partial charge in [0.25, 0.3) is 0 Å². The number of nitrogens with zero attached hydrogens (tertiary/aromatic N) is 2. The summed E-state index contributed by atoms with van der Waals surface area (Å²) >= 11 is 0. The summed E-state index contributed by atoms with van der Waals surface area (Å²) in [6, 6.07) is 49.5. The van der Waals surface area contributed by atoms with Crippen LogP contribution in [0.4, 0.5) is 34.1 Å². The summed E-state index contributed by atoms with van der Waals surface area (Å²) in [5.41, 5.74) is 14.9. The van der Waals surface area contributed by atoms with Gasteiger partial charge in [-0.15, -0.1) is 0 Å². The number of hydrogen-bond acceptors (Lipinski definition) is 2. The second-order valence-corrected chi connectivity index (χ2v) is 14.6. The van der Waals surface area contributed by atoms with Crippen LogP contribution in [0.5, 0.6) is 0 Å².